The molecule has 0 bridgehead atoms. The number of urea groups is 1. The van der Waals surface area contributed by atoms with Gasteiger partial charge in [0, 0.05) is 12.5 Å². The molecule has 1 atom stereocenters. The van der Waals surface area contributed by atoms with E-state index in [0.29, 0.717) is 18.9 Å². The lowest BCUT2D eigenvalue weighted by molar-refractivity contribution is 0.175. The van der Waals surface area contributed by atoms with Crippen LogP contribution in [0.25, 0.3) is 0 Å². The first-order valence-corrected chi connectivity index (χ1v) is 11.2. The van der Waals surface area contributed by atoms with Gasteiger partial charge in [-0.05, 0) is 50.3 Å². The van der Waals surface area contributed by atoms with Crippen LogP contribution in [0.3, 0.4) is 0 Å². The number of hydrogen-bond acceptors (Lipinski definition) is 6. The third-order valence-electron chi connectivity index (χ3n) is 5.92. The number of methoxy groups -OCH3 is 1. The highest BCUT2D eigenvalue weighted by molar-refractivity contribution is 5.90. The standard InChI is InChI=1S/C23H33N5O3/c1-5-24-21-19-22(26-20(25-19)14(2)3)28(23(29)27-21)13-15-10-11-17(30-4)18(12-15)31-16-8-6-7-9-16/h10-12,14,16,22,24H,5-9,13H2,1-4H3,(H,25,26)(H,27,29). The van der Waals surface area contributed by atoms with Crippen LogP contribution >= 0.6 is 0 Å². The number of carbonyl (C=O) groups excluding carboxylic acids is 1. The minimum absolute atomic E-state index is 0.172. The van der Waals surface area contributed by atoms with Gasteiger partial charge in [-0.1, -0.05) is 19.9 Å². The second kappa shape index (κ2) is 9.08. The van der Waals surface area contributed by atoms with E-state index in [4.69, 9.17) is 14.5 Å². The van der Waals surface area contributed by atoms with E-state index in [1.165, 1.54) is 12.8 Å². The minimum atomic E-state index is -0.374. The number of nitrogens with zero attached hydrogens (tertiary/aromatic N) is 2. The number of amidine groups is 1. The number of benzene rings is 1. The minimum Gasteiger partial charge on any atom is -0.493 e. The summed E-state index contributed by atoms with van der Waals surface area (Å²) in [6, 6.07) is 5.71. The number of aliphatic imine (C=N–C) groups is 1. The van der Waals surface area contributed by atoms with E-state index in [0.717, 1.165) is 41.4 Å². The van der Waals surface area contributed by atoms with Gasteiger partial charge < -0.3 is 20.1 Å². The van der Waals surface area contributed by atoms with Gasteiger partial charge in [0.1, 0.15) is 17.4 Å². The van der Waals surface area contributed by atoms with Gasteiger partial charge in [-0.3, -0.25) is 10.2 Å². The van der Waals surface area contributed by atoms with Gasteiger partial charge in [-0.15, -0.1) is 0 Å². The molecule has 0 spiro atoms. The Morgan fingerprint density at radius 1 is 1.23 bits per heavy atom. The Bertz CT molecular complexity index is 889. The van der Waals surface area contributed by atoms with Gasteiger partial charge in [-0.25, -0.2) is 9.79 Å². The maximum absolute atomic E-state index is 13.0. The monoisotopic (exact) mass is 427 g/mol. The van der Waals surface area contributed by atoms with Crippen LogP contribution in [0, 0.1) is 5.92 Å². The summed E-state index contributed by atoms with van der Waals surface area (Å²) < 4.78 is 11.7. The number of nitrogens with one attached hydrogen (secondary N) is 3. The lowest BCUT2D eigenvalue weighted by Gasteiger charge is -2.34. The molecule has 1 fully saturated rings. The van der Waals surface area contributed by atoms with Crippen LogP contribution in [0.15, 0.2) is 34.7 Å². The number of fused-ring (bicyclic) bond motifs is 1. The van der Waals surface area contributed by atoms with E-state index in [1.807, 2.05) is 25.1 Å². The quantitative estimate of drug-likeness (QED) is 0.593. The lowest BCUT2D eigenvalue weighted by Crippen LogP contribution is -2.53. The molecule has 31 heavy (non-hydrogen) atoms. The third kappa shape index (κ3) is 4.43. The predicted octanol–water partition coefficient (Wildman–Crippen LogP) is 3.30. The first kappa shape index (κ1) is 21.3. The molecule has 168 valence electrons. The van der Waals surface area contributed by atoms with E-state index >= 15 is 0 Å². The number of rotatable bonds is 8. The maximum Gasteiger partial charge on any atom is 0.325 e. The Morgan fingerprint density at radius 3 is 2.68 bits per heavy atom. The van der Waals surface area contributed by atoms with Crippen molar-refractivity contribution in [3.05, 3.63) is 35.3 Å². The zero-order chi connectivity index (χ0) is 22.0. The third-order valence-corrected chi connectivity index (χ3v) is 5.92. The van der Waals surface area contributed by atoms with Crippen LogP contribution in [0.2, 0.25) is 0 Å². The topological polar surface area (TPSA) is 87.2 Å². The van der Waals surface area contributed by atoms with Crippen LogP contribution in [-0.4, -0.2) is 42.7 Å². The molecular formula is C23H33N5O3. The van der Waals surface area contributed by atoms with Crippen molar-refractivity contribution < 1.29 is 14.3 Å². The summed E-state index contributed by atoms with van der Waals surface area (Å²) in [5.41, 5.74) is 1.87. The van der Waals surface area contributed by atoms with Crippen LogP contribution in [0.5, 0.6) is 11.5 Å². The van der Waals surface area contributed by atoms with Gasteiger partial charge in [0.2, 0.25) is 0 Å². The Balaban J connectivity index is 1.59. The van der Waals surface area contributed by atoms with Crippen LogP contribution in [0.4, 0.5) is 4.79 Å². The van der Waals surface area contributed by atoms with E-state index in [1.54, 1.807) is 12.0 Å². The second-order valence-corrected chi connectivity index (χ2v) is 8.55. The summed E-state index contributed by atoms with van der Waals surface area (Å²) in [4.78, 5) is 19.6. The highest BCUT2D eigenvalue weighted by Gasteiger charge is 2.39. The average molecular weight is 428 g/mol. The zero-order valence-electron chi connectivity index (χ0n) is 18.8. The molecule has 1 unspecified atom stereocenters. The molecule has 1 saturated carbocycles. The highest BCUT2D eigenvalue weighted by Crippen LogP contribution is 2.34. The summed E-state index contributed by atoms with van der Waals surface area (Å²) in [6.45, 7) is 7.31. The van der Waals surface area contributed by atoms with Crippen molar-refractivity contribution in [3.8, 4) is 11.5 Å². The fourth-order valence-electron chi connectivity index (χ4n) is 4.27. The predicted molar refractivity (Wildman–Crippen MR) is 120 cm³/mol. The molecule has 1 aromatic rings. The van der Waals surface area contributed by atoms with E-state index in [-0.39, 0.29) is 24.2 Å². The molecule has 1 aromatic carbocycles. The molecule has 2 amide bonds. The molecule has 0 aromatic heterocycles. The molecule has 2 heterocycles. The van der Waals surface area contributed by atoms with E-state index < -0.39 is 0 Å². The number of amides is 2. The van der Waals surface area contributed by atoms with Gasteiger partial charge in [0.15, 0.2) is 17.7 Å². The van der Waals surface area contributed by atoms with Crippen molar-refractivity contribution in [2.45, 2.75) is 65.3 Å². The summed E-state index contributed by atoms with van der Waals surface area (Å²) in [6.07, 6.45) is 4.41. The Hall–Kier alpha value is -2.90. The maximum atomic E-state index is 13.0. The molecular weight excluding hydrogens is 394 g/mol. The fourth-order valence-corrected chi connectivity index (χ4v) is 4.27. The lowest BCUT2D eigenvalue weighted by atomic mass is 10.1. The summed E-state index contributed by atoms with van der Waals surface area (Å²) in [5, 5.41) is 9.63. The number of ether oxygens (including phenoxy) is 2. The summed E-state index contributed by atoms with van der Waals surface area (Å²) >= 11 is 0. The SMILES string of the molecule is CCNC1=C2NC(C(C)C)=NC2N(Cc2ccc(OC)c(OC3CCCC3)c2)C(=O)N1. The Kier molecular flexibility index (Phi) is 6.25. The normalized spacial score (nSPS) is 21.1. The zero-order valence-corrected chi connectivity index (χ0v) is 18.8. The van der Waals surface area contributed by atoms with Crippen molar-refractivity contribution in [1.82, 2.24) is 20.9 Å². The average Bonchev–Trinajstić information content (AvgIpc) is 3.41. The Morgan fingerprint density at radius 2 is 2.00 bits per heavy atom. The number of hydrogen-bond donors (Lipinski definition) is 3. The first-order chi connectivity index (χ1) is 15.0. The van der Waals surface area contributed by atoms with Crippen LogP contribution in [0.1, 0.15) is 52.0 Å². The first-order valence-electron chi connectivity index (χ1n) is 11.2. The van der Waals surface area contributed by atoms with Crippen molar-refractivity contribution in [3.63, 3.8) is 0 Å². The molecule has 0 radical (unpaired) electrons. The molecule has 0 saturated heterocycles. The van der Waals surface area contributed by atoms with Crippen molar-refractivity contribution in [2.24, 2.45) is 10.9 Å². The van der Waals surface area contributed by atoms with Crippen LogP contribution in [-0.2, 0) is 6.54 Å². The fraction of sp³-hybridized carbons (Fsp3) is 0.565. The van der Waals surface area contributed by atoms with Gasteiger partial charge in [0.05, 0.1) is 19.8 Å². The molecule has 8 heteroatoms. The van der Waals surface area contributed by atoms with Crippen LogP contribution < -0.4 is 25.4 Å². The highest BCUT2D eigenvalue weighted by atomic mass is 16.5. The van der Waals surface area contributed by atoms with Crippen molar-refractivity contribution >= 4 is 11.9 Å². The molecule has 3 N–H and O–H groups in total. The summed E-state index contributed by atoms with van der Waals surface area (Å²) in [5.74, 6) is 3.29. The molecule has 1 aliphatic carbocycles. The van der Waals surface area contributed by atoms with Gasteiger partial charge in [-0.2, -0.15) is 0 Å². The molecule has 8 nitrogen and oxygen atoms in total. The second-order valence-electron chi connectivity index (χ2n) is 8.55. The summed E-state index contributed by atoms with van der Waals surface area (Å²) in [7, 11) is 1.65. The molecule has 2 aliphatic heterocycles. The van der Waals surface area contributed by atoms with Gasteiger partial charge in [0.25, 0.3) is 0 Å². The largest absolute Gasteiger partial charge is 0.493 e. The van der Waals surface area contributed by atoms with E-state index in [2.05, 4.69) is 29.8 Å². The molecule has 3 aliphatic rings. The van der Waals surface area contributed by atoms with Crippen molar-refractivity contribution in [1.29, 1.82) is 0 Å². The van der Waals surface area contributed by atoms with Crippen molar-refractivity contribution in [2.75, 3.05) is 13.7 Å². The van der Waals surface area contributed by atoms with Gasteiger partial charge >= 0.3 is 6.03 Å². The Labute approximate surface area is 184 Å². The number of carbonyl (C=O) groups is 1. The van der Waals surface area contributed by atoms with E-state index in [9.17, 15) is 4.79 Å². The smallest absolute Gasteiger partial charge is 0.325 e. The molecule has 4 rings (SSSR count).